The predicted octanol–water partition coefficient (Wildman–Crippen LogP) is 4.28. The van der Waals surface area contributed by atoms with Crippen LogP contribution in [-0.2, 0) is 104 Å². The van der Waals surface area contributed by atoms with Crippen LogP contribution in [0.4, 0.5) is 0 Å². The maximum Gasteiger partial charge on any atom is 0.0781 e. The SMILES string of the molecule is C=CCOCCOCCOCCOCCOCCOCCOCCOCCOCCOCCOCCOCCOCCOCCOCCOCCOCC(C)OCC(C)OCC(C)OCC(C)OCC(C)OCCCC. The molecular weight excluding hydrogens is 1000 g/mol. The van der Waals surface area contributed by atoms with Crippen LogP contribution < -0.4 is 0 Å². The Labute approximate surface area is 458 Å². The highest BCUT2D eigenvalue weighted by atomic mass is 16.6. The Hall–Kier alpha value is -1.14. The molecule has 0 aromatic rings. The first-order valence-corrected chi connectivity index (χ1v) is 27.9. The summed E-state index contributed by atoms with van der Waals surface area (Å²) in [4.78, 5) is 0. The fourth-order valence-corrected chi connectivity index (χ4v) is 5.70. The van der Waals surface area contributed by atoms with Gasteiger partial charge < -0.3 is 104 Å². The van der Waals surface area contributed by atoms with Crippen molar-refractivity contribution in [2.24, 2.45) is 0 Å². The molecular formula is C54H108O22. The van der Waals surface area contributed by atoms with Crippen LogP contribution in [0.25, 0.3) is 0 Å². The van der Waals surface area contributed by atoms with Gasteiger partial charge in [-0.2, -0.15) is 0 Å². The Morgan fingerprint density at radius 1 is 0.237 bits per heavy atom. The third-order valence-corrected chi connectivity index (χ3v) is 9.90. The molecule has 5 atom stereocenters. The molecule has 0 fully saturated rings. The van der Waals surface area contributed by atoms with Gasteiger partial charge in [0, 0.05) is 6.61 Å². The highest BCUT2D eigenvalue weighted by molar-refractivity contribution is 4.63. The van der Waals surface area contributed by atoms with Crippen molar-refractivity contribution in [2.45, 2.75) is 84.9 Å². The predicted molar refractivity (Wildman–Crippen MR) is 286 cm³/mol. The summed E-state index contributed by atoms with van der Waals surface area (Å²) in [6, 6.07) is 0. The summed E-state index contributed by atoms with van der Waals surface area (Å²) >= 11 is 0. The molecule has 456 valence electrons. The summed E-state index contributed by atoms with van der Waals surface area (Å²) in [5.41, 5.74) is 0. The first kappa shape index (κ1) is 74.9. The molecule has 0 rings (SSSR count). The van der Waals surface area contributed by atoms with Gasteiger partial charge >= 0.3 is 0 Å². The minimum atomic E-state index is -0.0622. The summed E-state index contributed by atoms with van der Waals surface area (Å²) in [7, 11) is 0. The molecule has 0 aliphatic rings. The van der Waals surface area contributed by atoms with Crippen LogP contribution in [0.2, 0.25) is 0 Å². The van der Waals surface area contributed by atoms with Crippen LogP contribution in [0.3, 0.4) is 0 Å². The zero-order valence-corrected chi connectivity index (χ0v) is 48.1. The first-order valence-electron chi connectivity index (χ1n) is 27.9. The Bertz CT molecular complexity index is 1090. The van der Waals surface area contributed by atoms with Crippen LogP contribution in [0.15, 0.2) is 12.7 Å². The number of ether oxygens (including phenoxy) is 22. The van der Waals surface area contributed by atoms with Gasteiger partial charge in [-0.25, -0.2) is 0 Å². The van der Waals surface area contributed by atoms with Crippen LogP contribution in [0, 0.1) is 0 Å². The van der Waals surface area contributed by atoms with E-state index in [2.05, 4.69) is 13.5 Å². The summed E-state index contributed by atoms with van der Waals surface area (Å²) in [5.74, 6) is 0. The number of unbranched alkanes of at least 4 members (excludes halogenated alkanes) is 1. The zero-order valence-electron chi connectivity index (χ0n) is 48.1. The van der Waals surface area contributed by atoms with Crippen molar-refractivity contribution in [3.63, 3.8) is 0 Å². The summed E-state index contributed by atoms with van der Waals surface area (Å²) in [5, 5.41) is 0. The van der Waals surface area contributed by atoms with Crippen molar-refractivity contribution < 1.29 is 104 Å². The Kier molecular flexibility index (Phi) is 63.7. The normalized spacial score (nSPS) is 13.9. The maximum atomic E-state index is 5.91. The van der Waals surface area contributed by atoms with E-state index in [0.717, 1.165) is 19.4 Å². The molecule has 22 nitrogen and oxygen atoms in total. The first-order chi connectivity index (χ1) is 37.4. The fraction of sp³-hybridized carbons (Fsp3) is 0.963. The molecule has 0 amide bonds. The lowest BCUT2D eigenvalue weighted by Crippen LogP contribution is -2.29. The highest BCUT2D eigenvalue weighted by Crippen LogP contribution is 2.04. The van der Waals surface area contributed by atoms with Crippen LogP contribution in [-0.4, -0.2) is 288 Å². The molecule has 0 aliphatic carbocycles. The second-order valence-corrected chi connectivity index (χ2v) is 17.2. The summed E-state index contributed by atoms with van der Waals surface area (Å²) in [6.45, 7) is 35.5. The molecule has 0 N–H and O–H groups in total. The van der Waals surface area contributed by atoms with Gasteiger partial charge in [0.05, 0.1) is 282 Å². The van der Waals surface area contributed by atoms with Gasteiger partial charge in [0.15, 0.2) is 0 Å². The van der Waals surface area contributed by atoms with E-state index < -0.39 is 0 Å². The molecule has 0 radical (unpaired) electrons. The van der Waals surface area contributed by atoms with Gasteiger partial charge in [0.1, 0.15) is 0 Å². The van der Waals surface area contributed by atoms with E-state index in [1.165, 1.54) is 0 Å². The Balaban J connectivity index is 3.24. The molecule has 5 unspecified atom stereocenters. The van der Waals surface area contributed by atoms with Gasteiger partial charge in [-0.1, -0.05) is 19.4 Å². The van der Waals surface area contributed by atoms with Crippen molar-refractivity contribution in [1.29, 1.82) is 0 Å². The molecule has 76 heavy (non-hydrogen) atoms. The van der Waals surface area contributed by atoms with Gasteiger partial charge in [0.25, 0.3) is 0 Å². The van der Waals surface area contributed by atoms with Crippen molar-refractivity contribution in [3.05, 3.63) is 12.7 Å². The molecule has 0 heterocycles. The second-order valence-electron chi connectivity index (χ2n) is 17.2. The van der Waals surface area contributed by atoms with Gasteiger partial charge in [-0.15, -0.1) is 6.58 Å². The van der Waals surface area contributed by atoms with Gasteiger partial charge in [0.2, 0.25) is 0 Å². The fourth-order valence-electron chi connectivity index (χ4n) is 5.70. The smallest absolute Gasteiger partial charge is 0.0781 e. The Morgan fingerprint density at radius 2 is 0.421 bits per heavy atom. The van der Waals surface area contributed by atoms with Crippen molar-refractivity contribution in [1.82, 2.24) is 0 Å². The molecule has 0 aromatic carbocycles. The van der Waals surface area contributed by atoms with E-state index >= 15 is 0 Å². The van der Waals surface area contributed by atoms with Gasteiger partial charge in [-0.05, 0) is 41.0 Å². The number of hydrogen-bond acceptors (Lipinski definition) is 22. The lowest BCUT2D eigenvalue weighted by Gasteiger charge is -2.22. The van der Waals surface area contributed by atoms with E-state index in [1.54, 1.807) is 6.08 Å². The van der Waals surface area contributed by atoms with Crippen LogP contribution >= 0.6 is 0 Å². The zero-order chi connectivity index (χ0) is 55.1. The second kappa shape index (κ2) is 64.7. The minimum absolute atomic E-state index is 0.0129. The summed E-state index contributed by atoms with van der Waals surface area (Å²) in [6.07, 6.45) is 3.80. The average Bonchev–Trinajstić information content (AvgIpc) is 3.42. The van der Waals surface area contributed by atoms with E-state index in [9.17, 15) is 0 Å². The van der Waals surface area contributed by atoms with E-state index in [1.807, 2.05) is 34.6 Å². The van der Waals surface area contributed by atoms with Gasteiger partial charge in [-0.3, -0.25) is 0 Å². The van der Waals surface area contributed by atoms with Crippen LogP contribution in [0.1, 0.15) is 54.4 Å². The quantitative estimate of drug-likeness (QED) is 0.0616. The molecule has 0 bridgehead atoms. The van der Waals surface area contributed by atoms with Crippen molar-refractivity contribution in [2.75, 3.05) is 258 Å². The molecule has 22 heteroatoms. The lowest BCUT2D eigenvalue weighted by molar-refractivity contribution is -0.100. The number of hydrogen-bond donors (Lipinski definition) is 0. The molecule has 0 spiro atoms. The minimum Gasteiger partial charge on any atom is -0.377 e. The molecule has 0 aromatic heterocycles. The standard InChI is InChI=1S/C54H108O22/c1-8-10-12-72-51(4)46-74-53(6)48-76-54(7)49-75-52(5)47-73-50(3)45-71-44-43-70-42-41-69-40-39-68-38-37-67-36-35-66-34-33-65-32-31-64-30-29-63-28-27-62-26-25-61-24-23-60-22-21-59-20-19-58-18-17-57-16-15-56-14-13-55-11-9-2/h9,50-54H,2,8,10-49H2,1,3-7H3. The third-order valence-electron chi connectivity index (χ3n) is 9.90. The maximum absolute atomic E-state index is 5.91. The topological polar surface area (TPSA) is 203 Å². The monoisotopic (exact) mass is 1110 g/mol. The van der Waals surface area contributed by atoms with E-state index in [-0.39, 0.29) is 30.5 Å². The van der Waals surface area contributed by atoms with Crippen LogP contribution in [0.5, 0.6) is 0 Å². The third kappa shape index (κ3) is 63.7. The number of rotatable bonds is 68. The van der Waals surface area contributed by atoms with E-state index in [4.69, 9.17) is 104 Å². The lowest BCUT2D eigenvalue weighted by atomic mass is 10.3. The van der Waals surface area contributed by atoms with Crippen molar-refractivity contribution >= 4 is 0 Å². The largest absolute Gasteiger partial charge is 0.377 e. The average molecular weight is 1110 g/mol. The Morgan fingerprint density at radius 3 is 0.632 bits per heavy atom. The summed E-state index contributed by atoms with van der Waals surface area (Å²) < 4.78 is 123. The highest BCUT2D eigenvalue weighted by Gasteiger charge is 2.13. The molecule has 0 aliphatic heterocycles. The van der Waals surface area contributed by atoms with E-state index in [0.29, 0.717) is 251 Å². The van der Waals surface area contributed by atoms with Crippen molar-refractivity contribution in [3.8, 4) is 0 Å². The molecule has 0 saturated heterocycles. The molecule has 0 saturated carbocycles.